The van der Waals surface area contributed by atoms with E-state index in [2.05, 4.69) is 39.9 Å². The van der Waals surface area contributed by atoms with E-state index in [4.69, 9.17) is 17.3 Å². The topological polar surface area (TPSA) is 56.7 Å². The van der Waals surface area contributed by atoms with E-state index in [1.54, 1.807) is 12.3 Å². The molecule has 108 valence electrons. The molecule has 0 aliphatic heterocycles. The molecule has 1 unspecified atom stereocenters. The normalized spacial score (nSPS) is 12.7. The summed E-state index contributed by atoms with van der Waals surface area (Å²) in [5.74, 6) is 0. The average Bonchev–Trinajstić information content (AvgIpc) is 2.75. The van der Waals surface area contributed by atoms with Crippen LogP contribution < -0.4 is 5.73 Å². The van der Waals surface area contributed by atoms with Gasteiger partial charge in [-0.3, -0.25) is 9.67 Å². The minimum absolute atomic E-state index is 0.244. The van der Waals surface area contributed by atoms with Gasteiger partial charge in [-0.1, -0.05) is 18.5 Å². The lowest BCUT2D eigenvalue weighted by Gasteiger charge is -2.13. The predicted octanol–water partition coefficient (Wildman–Crippen LogP) is 3.52. The Balaban J connectivity index is 2.30. The van der Waals surface area contributed by atoms with Crippen LogP contribution >= 0.6 is 27.5 Å². The van der Waals surface area contributed by atoms with Crippen LogP contribution in [-0.4, -0.2) is 14.8 Å². The van der Waals surface area contributed by atoms with Crippen molar-refractivity contribution in [3.63, 3.8) is 0 Å². The van der Waals surface area contributed by atoms with Gasteiger partial charge in [0.05, 0.1) is 32.6 Å². The van der Waals surface area contributed by atoms with Crippen LogP contribution in [0.3, 0.4) is 0 Å². The number of pyridine rings is 1. The zero-order valence-electron chi connectivity index (χ0n) is 11.6. The van der Waals surface area contributed by atoms with Crippen LogP contribution in [0.1, 0.15) is 37.0 Å². The van der Waals surface area contributed by atoms with Gasteiger partial charge >= 0.3 is 0 Å². The maximum atomic E-state index is 6.26. The Morgan fingerprint density at radius 1 is 1.45 bits per heavy atom. The molecule has 2 aromatic rings. The SMILES string of the molecule is CCc1nn(CC)c(CC(N)c2ncccc2Cl)c1Br. The fourth-order valence-corrected chi connectivity index (χ4v) is 3.18. The molecule has 0 amide bonds. The second-order valence-electron chi connectivity index (χ2n) is 4.56. The summed E-state index contributed by atoms with van der Waals surface area (Å²) in [6, 6.07) is 3.37. The molecule has 0 aliphatic carbocycles. The van der Waals surface area contributed by atoms with Crippen molar-refractivity contribution in [1.82, 2.24) is 14.8 Å². The van der Waals surface area contributed by atoms with Crippen LogP contribution in [0, 0.1) is 0 Å². The number of hydrogen-bond donors (Lipinski definition) is 1. The molecule has 2 heterocycles. The van der Waals surface area contributed by atoms with Crippen LogP contribution in [0.4, 0.5) is 0 Å². The first-order valence-corrected chi connectivity index (χ1v) is 7.85. The fraction of sp³-hybridized carbons (Fsp3) is 0.429. The van der Waals surface area contributed by atoms with Crippen LogP contribution in [0.15, 0.2) is 22.8 Å². The maximum absolute atomic E-state index is 6.26. The second kappa shape index (κ2) is 6.70. The highest BCUT2D eigenvalue weighted by Gasteiger charge is 2.19. The molecule has 2 aromatic heterocycles. The molecule has 0 fully saturated rings. The Hall–Kier alpha value is -0.910. The maximum Gasteiger partial charge on any atom is 0.0766 e. The van der Waals surface area contributed by atoms with Crippen molar-refractivity contribution in [3.05, 3.63) is 44.9 Å². The van der Waals surface area contributed by atoms with E-state index in [1.807, 2.05) is 10.7 Å². The summed E-state index contributed by atoms with van der Waals surface area (Å²) in [4.78, 5) is 4.28. The van der Waals surface area contributed by atoms with Gasteiger partial charge in [-0.25, -0.2) is 0 Å². The van der Waals surface area contributed by atoms with Gasteiger partial charge in [0.1, 0.15) is 0 Å². The second-order valence-corrected chi connectivity index (χ2v) is 5.76. The first-order valence-electron chi connectivity index (χ1n) is 6.68. The summed E-state index contributed by atoms with van der Waals surface area (Å²) >= 11 is 9.79. The molecular formula is C14H18BrClN4. The summed E-state index contributed by atoms with van der Waals surface area (Å²) in [6.45, 7) is 4.98. The molecule has 1 atom stereocenters. The lowest BCUT2D eigenvalue weighted by Crippen LogP contribution is -2.18. The molecule has 20 heavy (non-hydrogen) atoms. The highest BCUT2D eigenvalue weighted by molar-refractivity contribution is 9.10. The first-order chi connectivity index (χ1) is 9.58. The molecule has 0 aromatic carbocycles. The van der Waals surface area contributed by atoms with Crippen molar-refractivity contribution < 1.29 is 0 Å². The van der Waals surface area contributed by atoms with Gasteiger partial charge in [-0.2, -0.15) is 5.10 Å². The number of rotatable bonds is 5. The minimum Gasteiger partial charge on any atom is -0.322 e. The third-order valence-electron chi connectivity index (χ3n) is 3.25. The van der Waals surface area contributed by atoms with E-state index in [9.17, 15) is 0 Å². The average molecular weight is 358 g/mol. The molecular weight excluding hydrogens is 340 g/mol. The van der Waals surface area contributed by atoms with E-state index in [0.717, 1.165) is 34.5 Å². The Morgan fingerprint density at radius 3 is 2.80 bits per heavy atom. The number of aryl methyl sites for hydroxylation is 2. The van der Waals surface area contributed by atoms with Crippen LogP contribution in [0.2, 0.25) is 5.02 Å². The molecule has 6 heteroatoms. The fourth-order valence-electron chi connectivity index (χ4n) is 2.19. The first kappa shape index (κ1) is 15.5. The Bertz CT molecular complexity index is 597. The van der Waals surface area contributed by atoms with Crippen molar-refractivity contribution in [2.45, 2.75) is 39.3 Å². The van der Waals surface area contributed by atoms with Gasteiger partial charge in [-0.05, 0) is 41.4 Å². The molecule has 4 nitrogen and oxygen atoms in total. The monoisotopic (exact) mass is 356 g/mol. The van der Waals surface area contributed by atoms with Gasteiger partial charge in [0, 0.05) is 19.2 Å². The van der Waals surface area contributed by atoms with Gasteiger partial charge in [0.25, 0.3) is 0 Å². The summed E-state index contributed by atoms with van der Waals surface area (Å²) in [5.41, 5.74) is 9.14. The lowest BCUT2D eigenvalue weighted by molar-refractivity contribution is 0.579. The molecule has 0 spiro atoms. The number of aromatic nitrogens is 3. The molecule has 2 rings (SSSR count). The molecule has 0 bridgehead atoms. The molecule has 0 saturated carbocycles. The highest BCUT2D eigenvalue weighted by atomic mass is 79.9. The van der Waals surface area contributed by atoms with Gasteiger partial charge in [0.15, 0.2) is 0 Å². The Labute approximate surface area is 132 Å². The standard InChI is InChI=1S/C14H18BrClN4/c1-3-11-13(15)12(20(4-2)19-11)8-10(17)14-9(16)6-5-7-18-14/h5-7,10H,3-4,8,17H2,1-2H3. The highest BCUT2D eigenvalue weighted by Crippen LogP contribution is 2.28. The Morgan fingerprint density at radius 2 is 2.20 bits per heavy atom. The summed E-state index contributed by atoms with van der Waals surface area (Å²) in [5, 5.41) is 5.18. The van der Waals surface area contributed by atoms with E-state index in [-0.39, 0.29) is 6.04 Å². The Kier molecular flexibility index (Phi) is 5.18. The van der Waals surface area contributed by atoms with Gasteiger partial charge < -0.3 is 5.73 Å². The zero-order chi connectivity index (χ0) is 14.7. The third kappa shape index (κ3) is 3.05. The van der Waals surface area contributed by atoms with Crippen molar-refractivity contribution in [3.8, 4) is 0 Å². The van der Waals surface area contributed by atoms with E-state index < -0.39 is 0 Å². The quantitative estimate of drug-likeness (QED) is 0.890. The molecule has 0 radical (unpaired) electrons. The number of hydrogen-bond acceptors (Lipinski definition) is 3. The largest absolute Gasteiger partial charge is 0.322 e. The molecule has 0 saturated heterocycles. The van der Waals surface area contributed by atoms with E-state index in [0.29, 0.717) is 11.4 Å². The van der Waals surface area contributed by atoms with Crippen LogP contribution in [-0.2, 0) is 19.4 Å². The minimum atomic E-state index is -0.244. The summed E-state index contributed by atoms with van der Waals surface area (Å²) in [7, 11) is 0. The van der Waals surface area contributed by atoms with Crippen molar-refractivity contribution >= 4 is 27.5 Å². The number of nitrogens with zero attached hydrogens (tertiary/aromatic N) is 3. The van der Waals surface area contributed by atoms with Crippen molar-refractivity contribution in [1.29, 1.82) is 0 Å². The zero-order valence-corrected chi connectivity index (χ0v) is 13.9. The van der Waals surface area contributed by atoms with Crippen molar-refractivity contribution in [2.24, 2.45) is 5.73 Å². The number of halogens is 2. The summed E-state index contributed by atoms with van der Waals surface area (Å²) < 4.78 is 3.03. The smallest absolute Gasteiger partial charge is 0.0766 e. The van der Waals surface area contributed by atoms with Gasteiger partial charge in [-0.15, -0.1) is 0 Å². The summed E-state index contributed by atoms with van der Waals surface area (Å²) in [6.07, 6.45) is 3.25. The van der Waals surface area contributed by atoms with Crippen molar-refractivity contribution in [2.75, 3.05) is 0 Å². The van der Waals surface area contributed by atoms with Crippen LogP contribution in [0.5, 0.6) is 0 Å². The third-order valence-corrected chi connectivity index (χ3v) is 4.48. The molecule has 2 N–H and O–H groups in total. The number of nitrogens with two attached hydrogens (primary N) is 1. The van der Waals surface area contributed by atoms with E-state index >= 15 is 0 Å². The lowest BCUT2D eigenvalue weighted by atomic mass is 10.1. The predicted molar refractivity (Wildman–Crippen MR) is 84.9 cm³/mol. The molecule has 0 aliphatic rings. The van der Waals surface area contributed by atoms with Gasteiger partial charge in [0.2, 0.25) is 0 Å². The van der Waals surface area contributed by atoms with E-state index in [1.165, 1.54) is 0 Å². The van der Waals surface area contributed by atoms with Crippen LogP contribution in [0.25, 0.3) is 0 Å².